The molecule has 0 radical (unpaired) electrons. The summed E-state index contributed by atoms with van der Waals surface area (Å²) in [6.45, 7) is 2.23. The number of benzene rings is 1. The van der Waals surface area contributed by atoms with Crippen molar-refractivity contribution in [3.05, 3.63) is 28.0 Å². The summed E-state index contributed by atoms with van der Waals surface area (Å²) in [7, 11) is 0. The van der Waals surface area contributed by atoms with E-state index < -0.39 is 0 Å². The van der Waals surface area contributed by atoms with E-state index in [1.807, 2.05) is 6.07 Å². The van der Waals surface area contributed by atoms with Crippen LogP contribution in [0.3, 0.4) is 0 Å². The van der Waals surface area contributed by atoms with Gasteiger partial charge in [-0.05, 0) is 0 Å². The molecule has 3 heteroatoms. The molecule has 0 aliphatic carbocycles. The summed E-state index contributed by atoms with van der Waals surface area (Å²) < 4.78 is 2.64. The molecule has 2 rings (SSSR count). The molecule has 1 aromatic carbocycles. The molecule has 2 aromatic rings. The number of rotatable bonds is 2. The summed E-state index contributed by atoms with van der Waals surface area (Å²) in [5.41, 5.74) is 1.10. The number of halogens is 1. The van der Waals surface area contributed by atoms with E-state index in [0.717, 1.165) is 5.52 Å². The quantitative estimate of drug-likeness (QED) is 0.543. The van der Waals surface area contributed by atoms with Crippen LogP contribution in [0.15, 0.2) is 24.3 Å². The molecular formula is C9H10IN2-. The number of fused-ring (bicyclic) bond motifs is 1. The van der Waals surface area contributed by atoms with E-state index in [2.05, 4.69) is 35.3 Å². The Morgan fingerprint density at radius 3 is 3.08 bits per heavy atom. The number of aromatic nitrogens is 2. The molecule has 0 bridgehead atoms. The van der Waals surface area contributed by atoms with Crippen LogP contribution in [0.4, 0.5) is 0 Å². The van der Waals surface area contributed by atoms with Gasteiger partial charge < -0.3 is 0 Å². The van der Waals surface area contributed by atoms with Crippen LogP contribution >= 0.6 is 0 Å². The Morgan fingerprint density at radius 1 is 1.42 bits per heavy atom. The second-order valence-electron chi connectivity index (χ2n) is 2.46. The van der Waals surface area contributed by atoms with Crippen LogP contribution in [0.1, 0.15) is 6.92 Å². The van der Waals surface area contributed by atoms with Gasteiger partial charge >= 0.3 is 81.6 Å². The predicted molar refractivity (Wildman–Crippen MR) is 45.3 cm³/mol. The molecule has 0 aliphatic heterocycles. The van der Waals surface area contributed by atoms with Crippen LogP contribution < -0.4 is 21.2 Å². The zero-order valence-electron chi connectivity index (χ0n) is 6.84. The zero-order chi connectivity index (χ0) is 8.39. The fourth-order valence-corrected chi connectivity index (χ4v) is 3.08. The van der Waals surface area contributed by atoms with E-state index >= 15 is 0 Å². The summed E-state index contributed by atoms with van der Waals surface area (Å²) in [6, 6.07) is 8.29. The van der Waals surface area contributed by atoms with Gasteiger partial charge in [-0.3, -0.25) is 0 Å². The van der Waals surface area contributed by atoms with Crippen LogP contribution in [0.5, 0.6) is 0 Å². The number of aromatic amines is 1. The van der Waals surface area contributed by atoms with Gasteiger partial charge in [-0.2, -0.15) is 0 Å². The first-order chi connectivity index (χ1) is 5.92. The topological polar surface area (TPSA) is 28.7 Å². The van der Waals surface area contributed by atoms with Gasteiger partial charge in [0.2, 0.25) is 0 Å². The van der Waals surface area contributed by atoms with Crippen molar-refractivity contribution in [3.63, 3.8) is 0 Å². The van der Waals surface area contributed by atoms with E-state index in [1.54, 1.807) is 0 Å². The van der Waals surface area contributed by atoms with Gasteiger partial charge in [-0.25, -0.2) is 0 Å². The maximum atomic E-state index is 4.24. The van der Waals surface area contributed by atoms with Crippen molar-refractivity contribution < 1.29 is 21.2 Å². The fourth-order valence-electron chi connectivity index (χ4n) is 1.16. The first-order valence-corrected chi connectivity index (χ1v) is 6.54. The molecule has 2 nitrogen and oxygen atoms in total. The van der Waals surface area contributed by atoms with Crippen LogP contribution in [0.2, 0.25) is 0 Å². The van der Waals surface area contributed by atoms with Crippen molar-refractivity contribution in [1.82, 2.24) is 10.2 Å². The molecule has 0 saturated heterocycles. The molecule has 1 aromatic heterocycles. The van der Waals surface area contributed by atoms with Gasteiger partial charge in [0.1, 0.15) is 0 Å². The first kappa shape index (κ1) is 8.04. The molecule has 0 unspecified atom stereocenters. The molecule has 0 amide bonds. The van der Waals surface area contributed by atoms with Gasteiger partial charge in [-0.15, -0.1) is 0 Å². The molecule has 12 heavy (non-hydrogen) atoms. The van der Waals surface area contributed by atoms with Crippen LogP contribution in [0, 0.1) is 3.70 Å². The van der Waals surface area contributed by atoms with Gasteiger partial charge in [0.05, 0.1) is 0 Å². The Labute approximate surface area is 81.6 Å². The van der Waals surface area contributed by atoms with E-state index in [4.69, 9.17) is 0 Å². The Morgan fingerprint density at radius 2 is 2.25 bits per heavy atom. The number of hydrogen-bond donors (Lipinski definition) is 1. The number of nitrogens with one attached hydrogen (secondary N) is 1. The van der Waals surface area contributed by atoms with Crippen LogP contribution in [-0.4, -0.2) is 14.6 Å². The Hall–Kier alpha value is -0.580. The molecule has 64 valence electrons. The van der Waals surface area contributed by atoms with Crippen molar-refractivity contribution in [2.45, 2.75) is 6.92 Å². The second kappa shape index (κ2) is 3.43. The molecule has 1 heterocycles. The Balaban J connectivity index is 2.55. The minimum atomic E-state index is 0.147. The molecule has 1 N–H and O–H groups in total. The summed E-state index contributed by atoms with van der Waals surface area (Å²) in [4.78, 5) is 0. The van der Waals surface area contributed by atoms with Crippen molar-refractivity contribution in [1.29, 1.82) is 0 Å². The average Bonchev–Trinajstić information content (AvgIpc) is 2.50. The van der Waals surface area contributed by atoms with Gasteiger partial charge in [0, 0.05) is 0 Å². The third-order valence-corrected chi connectivity index (χ3v) is 4.03. The van der Waals surface area contributed by atoms with Gasteiger partial charge in [0.25, 0.3) is 0 Å². The van der Waals surface area contributed by atoms with Crippen molar-refractivity contribution in [2.75, 3.05) is 4.43 Å². The SMILES string of the molecule is CC[I-]c1[nH]nc2ccccc12. The molecule has 0 atom stereocenters. The number of H-pyrrole nitrogens is 1. The van der Waals surface area contributed by atoms with E-state index in [9.17, 15) is 0 Å². The van der Waals surface area contributed by atoms with Gasteiger partial charge in [-0.1, -0.05) is 0 Å². The summed E-state index contributed by atoms with van der Waals surface area (Å²) in [5, 5.41) is 8.67. The fraction of sp³-hybridized carbons (Fsp3) is 0.222. The first-order valence-electron chi connectivity index (χ1n) is 3.94. The summed E-state index contributed by atoms with van der Waals surface area (Å²) in [6.07, 6.45) is 0. The molecular weight excluding hydrogens is 263 g/mol. The maximum absolute atomic E-state index is 4.24. The van der Waals surface area contributed by atoms with Crippen molar-refractivity contribution in [3.8, 4) is 0 Å². The van der Waals surface area contributed by atoms with E-state index in [-0.39, 0.29) is 21.2 Å². The molecule has 0 aliphatic rings. The number of hydrogen-bond acceptors (Lipinski definition) is 1. The third kappa shape index (κ3) is 1.33. The molecule has 0 fully saturated rings. The number of para-hydroxylation sites is 1. The summed E-state index contributed by atoms with van der Waals surface area (Å²) in [5.74, 6) is 0. The van der Waals surface area contributed by atoms with Gasteiger partial charge in [0.15, 0.2) is 0 Å². The Bertz CT molecular complexity index is 381. The van der Waals surface area contributed by atoms with E-state index in [1.165, 1.54) is 13.5 Å². The predicted octanol–water partition coefficient (Wildman–Crippen LogP) is -1.16. The standard InChI is InChI=1S/C9H10IN2/c1-2-10-9-7-5-3-4-6-8(7)11-12-9/h3-6H,2H2,1H3,(H,11,12)/q-1. The molecule has 0 saturated carbocycles. The normalized spacial score (nSPS) is 11.1. The molecule has 0 spiro atoms. The second-order valence-corrected chi connectivity index (χ2v) is 5.82. The van der Waals surface area contributed by atoms with Crippen molar-refractivity contribution >= 4 is 10.9 Å². The minimum absolute atomic E-state index is 0.147. The third-order valence-electron chi connectivity index (χ3n) is 1.68. The van der Waals surface area contributed by atoms with E-state index in [0.29, 0.717) is 0 Å². The zero-order valence-corrected chi connectivity index (χ0v) is 9.00. The van der Waals surface area contributed by atoms with Crippen LogP contribution in [-0.2, 0) is 0 Å². The average molecular weight is 273 g/mol. The van der Waals surface area contributed by atoms with Crippen molar-refractivity contribution in [2.24, 2.45) is 0 Å². The monoisotopic (exact) mass is 273 g/mol. The number of alkyl halides is 1. The van der Waals surface area contributed by atoms with Crippen LogP contribution in [0.25, 0.3) is 10.9 Å². The Kier molecular flexibility index (Phi) is 2.30. The number of nitrogens with zero attached hydrogens (tertiary/aromatic N) is 1. The summed E-state index contributed by atoms with van der Waals surface area (Å²) >= 11 is 0.147.